The van der Waals surface area contributed by atoms with Crippen molar-refractivity contribution in [3.8, 4) is 0 Å². The quantitative estimate of drug-likeness (QED) is 0.840. The molecule has 1 unspecified atom stereocenters. The van der Waals surface area contributed by atoms with Gasteiger partial charge in [0.2, 0.25) is 0 Å². The van der Waals surface area contributed by atoms with E-state index in [1.54, 1.807) is 18.2 Å². The number of hydrogen-bond acceptors (Lipinski definition) is 2. The van der Waals surface area contributed by atoms with Crippen LogP contribution in [0.4, 0.5) is 4.39 Å². The fourth-order valence-electron chi connectivity index (χ4n) is 1.92. The maximum Gasteiger partial charge on any atom is 0.140 e. The van der Waals surface area contributed by atoms with Crippen molar-refractivity contribution >= 4 is 5.78 Å². The first-order valence-electron chi connectivity index (χ1n) is 5.65. The molecule has 86 valence electrons. The Morgan fingerprint density at radius 1 is 1.50 bits per heavy atom. The lowest BCUT2D eigenvalue weighted by Gasteiger charge is -2.31. The van der Waals surface area contributed by atoms with Crippen molar-refractivity contribution < 1.29 is 9.18 Å². The van der Waals surface area contributed by atoms with Gasteiger partial charge in [0.1, 0.15) is 11.6 Å². The number of carbonyl (C=O) groups excluding carboxylic acids is 1. The Kier molecular flexibility index (Phi) is 3.34. The maximum absolute atomic E-state index is 13.3. The number of nitrogens with one attached hydrogen (secondary N) is 1. The van der Waals surface area contributed by atoms with Crippen LogP contribution >= 0.6 is 0 Å². The molecule has 0 bridgehead atoms. The van der Waals surface area contributed by atoms with Gasteiger partial charge in [-0.3, -0.25) is 4.79 Å². The van der Waals surface area contributed by atoms with Crippen LogP contribution in [0, 0.1) is 17.7 Å². The van der Waals surface area contributed by atoms with Gasteiger partial charge in [-0.15, -0.1) is 0 Å². The monoisotopic (exact) mass is 221 g/mol. The molecule has 1 aromatic carbocycles. The highest BCUT2D eigenvalue weighted by Crippen LogP contribution is 2.19. The summed E-state index contributed by atoms with van der Waals surface area (Å²) in [6.07, 6.45) is 0.213. The van der Waals surface area contributed by atoms with E-state index in [9.17, 15) is 9.18 Å². The molecule has 1 fully saturated rings. The molecule has 0 aromatic heterocycles. The minimum absolute atomic E-state index is 0.0286. The van der Waals surface area contributed by atoms with Crippen LogP contribution in [0.25, 0.3) is 0 Å². The van der Waals surface area contributed by atoms with Crippen LogP contribution in [-0.4, -0.2) is 18.9 Å². The SMILES string of the molecule is CC(C(=O)Cc1ccccc1F)C1CNC1. The molecule has 0 saturated carbocycles. The summed E-state index contributed by atoms with van der Waals surface area (Å²) < 4.78 is 13.3. The minimum Gasteiger partial charge on any atom is -0.316 e. The summed E-state index contributed by atoms with van der Waals surface area (Å²) in [6, 6.07) is 6.49. The highest BCUT2D eigenvalue weighted by atomic mass is 19.1. The third kappa shape index (κ3) is 2.30. The summed E-state index contributed by atoms with van der Waals surface area (Å²) >= 11 is 0. The number of ketones is 1. The average molecular weight is 221 g/mol. The van der Waals surface area contributed by atoms with Crippen molar-refractivity contribution in [3.05, 3.63) is 35.6 Å². The van der Waals surface area contributed by atoms with Crippen molar-refractivity contribution in [3.63, 3.8) is 0 Å². The lowest BCUT2D eigenvalue weighted by molar-refractivity contribution is -0.123. The summed E-state index contributed by atoms with van der Waals surface area (Å²) in [6.45, 7) is 3.75. The molecule has 1 heterocycles. The first-order chi connectivity index (χ1) is 7.68. The zero-order valence-corrected chi connectivity index (χ0v) is 9.37. The van der Waals surface area contributed by atoms with Gasteiger partial charge in [-0.2, -0.15) is 0 Å². The fraction of sp³-hybridized carbons (Fsp3) is 0.462. The van der Waals surface area contributed by atoms with Crippen LogP contribution in [0.1, 0.15) is 12.5 Å². The summed E-state index contributed by atoms with van der Waals surface area (Å²) in [5.41, 5.74) is 0.506. The molecule has 3 heteroatoms. The molecule has 1 aliphatic rings. The van der Waals surface area contributed by atoms with Gasteiger partial charge in [0, 0.05) is 12.3 Å². The standard InChI is InChI=1S/C13H16FNO/c1-9(11-7-15-8-11)13(16)6-10-4-2-3-5-12(10)14/h2-5,9,11,15H,6-8H2,1H3. The molecular weight excluding hydrogens is 205 g/mol. The van der Waals surface area contributed by atoms with Crippen LogP contribution < -0.4 is 5.32 Å². The number of benzene rings is 1. The Bertz CT molecular complexity index is 387. The Morgan fingerprint density at radius 3 is 2.75 bits per heavy atom. The van der Waals surface area contributed by atoms with E-state index in [-0.39, 0.29) is 23.9 Å². The molecule has 16 heavy (non-hydrogen) atoms. The molecule has 0 aliphatic carbocycles. The Balaban J connectivity index is 1.99. The first kappa shape index (κ1) is 11.3. The molecule has 1 aliphatic heterocycles. The van der Waals surface area contributed by atoms with Crippen molar-refractivity contribution in [1.82, 2.24) is 5.32 Å². The summed E-state index contributed by atoms with van der Waals surface area (Å²) in [5, 5.41) is 3.15. The van der Waals surface area contributed by atoms with Crippen LogP contribution in [0.3, 0.4) is 0 Å². The second-order valence-electron chi connectivity index (χ2n) is 4.44. The lowest BCUT2D eigenvalue weighted by Crippen LogP contribution is -2.47. The smallest absolute Gasteiger partial charge is 0.140 e. The lowest BCUT2D eigenvalue weighted by atomic mass is 9.84. The normalized spacial score (nSPS) is 17.9. The van der Waals surface area contributed by atoms with E-state index in [0.717, 1.165) is 13.1 Å². The number of halogens is 1. The number of carbonyl (C=O) groups is 1. The van der Waals surface area contributed by atoms with Crippen LogP contribution in [0.5, 0.6) is 0 Å². The van der Waals surface area contributed by atoms with Gasteiger partial charge in [0.25, 0.3) is 0 Å². The predicted molar refractivity (Wildman–Crippen MR) is 60.6 cm³/mol. The zero-order valence-electron chi connectivity index (χ0n) is 9.37. The summed E-state index contributed by atoms with van der Waals surface area (Å²) in [7, 11) is 0. The van der Waals surface area contributed by atoms with E-state index >= 15 is 0 Å². The Hall–Kier alpha value is -1.22. The molecule has 1 N–H and O–H groups in total. The largest absolute Gasteiger partial charge is 0.316 e. The molecule has 0 spiro atoms. The summed E-state index contributed by atoms with van der Waals surface area (Å²) in [4.78, 5) is 11.9. The second kappa shape index (κ2) is 4.74. The van der Waals surface area contributed by atoms with E-state index in [1.165, 1.54) is 6.07 Å². The third-order valence-electron chi connectivity index (χ3n) is 3.35. The van der Waals surface area contributed by atoms with Gasteiger partial charge in [-0.25, -0.2) is 4.39 Å². The molecular formula is C13H16FNO. The third-order valence-corrected chi connectivity index (χ3v) is 3.35. The topological polar surface area (TPSA) is 29.1 Å². The van der Waals surface area contributed by atoms with Crippen LogP contribution in [0.2, 0.25) is 0 Å². The van der Waals surface area contributed by atoms with Crippen molar-refractivity contribution in [2.75, 3.05) is 13.1 Å². The van der Waals surface area contributed by atoms with Gasteiger partial charge in [0.05, 0.1) is 0 Å². The van der Waals surface area contributed by atoms with Crippen molar-refractivity contribution in [1.29, 1.82) is 0 Å². The number of hydrogen-bond donors (Lipinski definition) is 1. The van der Waals surface area contributed by atoms with E-state index in [0.29, 0.717) is 11.5 Å². The Labute approximate surface area is 94.9 Å². The first-order valence-corrected chi connectivity index (χ1v) is 5.65. The molecule has 0 radical (unpaired) electrons. The van der Waals surface area contributed by atoms with Crippen molar-refractivity contribution in [2.24, 2.45) is 11.8 Å². The summed E-state index contributed by atoms with van der Waals surface area (Å²) in [5.74, 6) is 0.312. The van der Waals surface area contributed by atoms with E-state index in [1.807, 2.05) is 6.92 Å². The van der Waals surface area contributed by atoms with Gasteiger partial charge >= 0.3 is 0 Å². The highest BCUT2D eigenvalue weighted by molar-refractivity contribution is 5.83. The molecule has 2 rings (SSSR count). The number of Topliss-reactive ketones (excluding diaryl/α,β-unsaturated/α-hetero) is 1. The maximum atomic E-state index is 13.3. The molecule has 1 saturated heterocycles. The van der Waals surface area contributed by atoms with Gasteiger partial charge in [0.15, 0.2) is 0 Å². The average Bonchev–Trinajstić information content (AvgIpc) is 2.18. The minimum atomic E-state index is -0.283. The molecule has 2 nitrogen and oxygen atoms in total. The fourth-order valence-corrected chi connectivity index (χ4v) is 1.92. The van der Waals surface area contributed by atoms with Gasteiger partial charge in [-0.05, 0) is 30.6 Å². The molecule has 1 atom stereocenters. The number of rotatable bonds is 4. The molecule has 1 aromatic rings. The van der Waals surface area contributed by atoms with Crippen LogP contribution in [0.15, 0.2) is 24.3 Å². The van der Waals surface area contributed by atoms with Crippen LogP contribution in [-0.2, 0) is 11.2 Å². The highest BCUT2D eigenvalue weighted by Gasteiger charge is 2.28. The Morgan fingerprint density at radius 2 is 2.19 bits per heavy atom. The van der Waals surface area contributed by atoms with Gasteiger partial charge in [-0.1, -0.05) is 25.1 Å². The van der Waals surface area contributed by atoms with E-state index in [2.05, 4.69) is 5.32 Å². The zero-order chi connectivity index (χ0) is 11.5. The van der Waals surface area contributed by atoms with E-state index in [4.69, 9.17) is 0 Å². The van der Waals surface area contributed by atoms with E-state index < -0.39 is 0 Å². The van der Waals surface area contributed by atoms with Gasteiger partial charge < -0.3 is 5.32 Å². The second-order valence-corrected chi connectivity index (χ2v) is 4.44. The predicted octanol–water partition coefficient (Wildman–Crippen LogP) is 1.79. The van der Waals surface area contributed by atoms with Crippen molar-refractivity contribution in [2.45, 2.75) is 13.3 Å². The molecule has 0 amide bonds.